The summed E-state index contributed by atoms with van der Waals surface area (Å²) >= 11 is 0. The first-order chi connectivity index (χ1) is 12.7. The zero-order valence-corrected chi connectivity index (χ0v) is 14.6. The van der Waals surface area contributed by atoms with Gasteiger partial charge in [-0.2, -0.15) is 0 Å². The van der Waals surface area contributed by atoms with E-state index in [2.05, 4.69) is 0 Å². The highest BCUT2D eigenvalue weighted by Gasteiger charge is 2.03. The molecule has 0 aliphatic carbocycles. The fourth-order valence-corrected chi connectivity index (χ4v) is 2.46. The van der Waals surface area contributed by atoms with E-state index in [-0.39, 0.29) is 5.78 Å². The highest BCUT2D eigenvalue weighted by molar-refractivity contribution is 6.07. The molecule has 0 heterocycles. The Bertz CT molecular complexity index is 881. The van der Waals surface area contributed by atoms with Gasteiger partial charge in [0.1, 0.15) is 18.1 Å². The fraction of sp³-hybridized carbons (Fsp3) is 0.0870. The molecular weight excluding hydrogens is 324 g/mol. The van der Waals surface area contributed by atoms with E-state index in [1.165, 1.54) is 0 Å². The smallest absolute Gasteiger partial charge is 0.185 e. The normalized spacial score (nSPS) is 10.7. The maximum absolute atomic E-state index is 12.2. The van der Waals surface area contributed by atoms with Crippen molar-refractivity contribution < 1.29 is 14.3 Å². The minimum absolute atomic E-state index is 0.0618. The van der Waals surface area contributed by atoms with Crippen molar-refractivity contribution in [1.29, 1.82) is 0 Å². The molecule has 0 saturated heterocycles. The summed E-state index contributed by atoms with van der Waals surface area (Å²) < 4.78 is 10.9. The Kier molecular flexibility index (Phi) is 5.84. The number of ketones is 1. The second kappa shape index (κ2) is 8.67. The standard InChI is InChI=1S/C23H20O3/c1-25-22-9-5-8-20(16-22)23(24)15-12-18-10-13-21(14-11-18)26-17-19-6-3-2-4-7-19/h2-16H,17H2,1H3/b15-12+. The molecule has 0 bridgehead atoms. The number of hydrogen-bond acceptors (Lipinski definition) is 3. The number of rotatable bonds is 7. The molecule has 3 heteroatoms. The molecule has 26 heavy (non-hydrogen) atoms. The molecule has 3 rings (SSSR count). The summed E-state index contributed by atoms with van der Waals surface area (Å²) in [5, 5.41) is 0. The van der Waals surface area contributed by atoms with Gasteiger partial charge in [0.05, 0.1) is 7.11 Å². The maximum Gasteiger partial charge on any atom is 0.185 e. The molecule has 0 saturated carbocycles. The topological polar surface area (TPSA) is 35.5 Å². The largest absolute Gasteiger partial charge is 0.497 e. The van der Waals surface area contributed by atoms with Crippen LogP contribution in [0.25, 0.3) is 6.08 Å². The molecule has 0 fully saturated rings. The van der Waals surface area contributed by atoms with Crippen molar-refractivity contribution >= 4 is 11.9 Å². The van der Waals surface area contributed by atoms with Gasteiger partial charge in [-0.05, 0) is 41.5 Å². The van der Waals surface area contributed by atoms with Gasteiger partial charge in [0.25, 0.3) is 0 Å². The molecule has 130 valence electrons. The van der Waals surface area contributed by atoms with Crippen molar-refractivity contribution in [1.82, 2.24) is 0 Å². The van der Waals surface area contributed by atoms with Crippen molar-refractivity contribution in [2.75, 3.05) is 7.11 Å². The summed E-state index contributed by atoms with van der Waals surface area (Å²) in [6, 6.07) is 24.8. The fourth-order valence-electron chi connectivity index (χ4n) is 2.46. The van der Waals surface area contributed by atoms with Crippen LogP contribution in [-0.4, -0.2) is 12.9 Å². The highest BCUT2D eigenvalue weighted by Crippen LogP contribution is 2.17. The van der Waals surface area contributed by atoms with E-state index >= 15 is 0 Å². The van der Waals surface area contributed by atoms with Crippen LogP contribution < -0.4 is 9.47 Å². The Morgan fingerprint density at radius 1 is 0.885 bits per heavy atom. The summed E-state index contributed by atoms with van der Waals surface area (Å²) in [6.07, 6.45) is 3.36. The number of hydrogen-bond donors (Lipinski definition) is 0. The molecule has 0 N–H and O–H groups in total. The average molecular weight is 344 g/mol. The lowest BCUT2D eigenvalue weighted by molar-refractivity contribution is 0.104. The van der Waals surface area contributed by atoms with Crippen LogP contribution in [0.15, 0.2) is 84.9 Å². The van der Waals surface area contributed by atoms with E-state index in [0.717, 1.165) is 16.9 Å². The van der Waals surface area contributed by atoms with Crippen molar-refractivity contribution in [2.24, 2.45) is 0 Å². The Hall–Kier alpha value is -3.33. The van der Waals surface area contributed by atoms with Crippen molar-refractivity contribution in [3.05, 3.63) is 102 Å². The molecule has 0 aliphatic heterocycles. The number of carbonyl (C=O) groups excluding carboxylic acids is 1. The van der Waals surface area contributed by atoms with Crippen LogP contribution in [0.3, 0.4) is 0 Å². The van der Waals surface area contributed by atoms with E-state index in [9.17, 15) is 4.79 Å². The van der Waals surface area contributed by atoms with Crippen LogP contribution in [0.1, 0.15) is 21.5 Å². The summed E-state index contributed by atoms with van der Waals surface area (Å²) in [5.74, 6) is 1.41. The zero-order valence-electron chi connectivity index (χ0n) is 14.6. The first-order valence-electron chi connectivity index (χ1n) is 8.38. The lowest BCUT2D eigenvalue weighted by atomic mass is 10.1. The number of ether oxygens (including phenoxy) is 2. The van der Waals surface area contributed by atoms with E-state index in [4.69, 9.17) is 9.47 Å². The second-order valence-corrected chi connectivity index (χ2v) is 5.77. The molecule has 3 aromatic carbocycles. The maximum atomic E-state index is 12.2. The third-order valence-corrected chi connectivity index (χ3v) is 3.91. The molecule has 0 radical (unpaired) electrons. The Morgan fingerprint density at radius 2 is 1.65 bits per heavy atom. The number of carbonyl (C=O) groups is 1. The van der Waals surface area contributed by atoms with Gasteiger partial charge in [-0.3, -0.25) is 4.79 Å². The lowest BCUT2D eigenvalue weighted by Gasteiger charge is -2.06. The molecule has 0 aromatic heterocycles. The van der Waals surface area contributed by atoms with Crippen LogP contribution in [0.2, 0.25) is 0 Å². The van der Waals surface area contributed by atoms with Crippen molar-refractivity contribution in [3.63, 3.8) is 0 Å². The van der Waals surface area contributed by atoms with Gasteiger partial charge in [0.15, 0.2) is 5.78 Å². The average Bonchev–Trinajstić information content (AvgIpc) is 2.72. The van der Waals surface area contributed by atoms with Gasteiger partial charge < -0.3 is 9.47 Å². The van der Waals surface area contributed by atoms with Gasteiger partial charge in [-0.15, -0.1) is 0 Å². The monoisotopic (exact) mass is 344 g/mol. The predicted octanol–water partition coefficient (Wildman–Crippen LogP) is 5.17. The van der Waals surface area contributed by atoms with Gasteiger partial charge in [0.2, 0.25) is 0 Å². The minimum Gasteiger partial charge on any atom is -0.497 e. The van der Waals surface area contributed by atoms with Crippen LogP contribution in [0.5, 0.6) is 11.5 Å². The summed E-state index contributed by atoms with van der Waals surface area (Å²) in [7, 11) is 1.58. The third kappa shape index (κ3) is 4.84. The molecule has 3 aromatic rings. The zero-order chi connectivity index (χ0) is 18.2. The highest BCUT2D eigenvalue weighted by atomic mass is 16.5. The van der Waals surface area contributed by atoms with Crippen LogP contribution in [-0.2, 0) is 6.61 Å². The van der Waals surface area contributed by atoms with E-state index < -0.39 is 0 Å². The summed E-state index contributed by atoms with van der Waals surface area (Å²) in [6.45, 7) is 0.532. The molecule has 3 nitrogen and oxygen atoms in total. The van der Waals surface area contributed by atoms with Gasteiger partial charge in [-0.25, -0.2) is 0 Å². The SMILES string of the molecule is COc1cccc(C(=O)/C=C/c2ccc(OCc3ccccc3)cc2)c1. The Labute approximate surface area is 153 Å². The number of benzene rings is 3. The Balaban J connectivity index is 1.59. The minimum atomic E-state index is -0.0618. The molecule has 0 spiro atoms. The summed E-state index contributed by atoms with van der Waals surface area (Å²) in [5.41, 5.74) is 2.66. The molecule has 0 unspecified atom stereocenters. The van der Waals surface area contributed by atoms with Gasteiger partial charge in [0, 0.05) is 5.56 Å². The van der Waals surface area contributed by atoms with Crippen LogP contribution in [0.4, 0.5) is 0 Å². The van der Waals surface area contributed by atoms with E-state index in [1.54, 1.807) is 37.5 Å². The summed E-state index contributed by atoms with van der Waals surface area (Å²) in [4.78, 5) is 12.2. The lowest BCUT2D eigenvalue weighted by Crippen LogP contribution is -1.95. The van der Waals surface area contributed by atoms with Crippen LogP contribution >= 0.6 is 0 Å². The first-order valence-corrected chi connectivity index (χ1v) is 8.38. The first kappa shape index (κ1) is 17.5. The molecule has 0 atom stereocenters. The van der Waals surface area contributed by atoms with Gasteiger partial charge in [-0.1, -0.05) is 60.7 Å². The van der Waals surface area contributed by atoms with E-state index in [0.29, 0.717) is 17.9 Å². The number of methoxy groups -OCH3 is 1. The second-order valence-electron chi connectivity index (χ2n) is 5.77. The quantitative estimate of drug-likeness (QED) is 0.438. The molecular formula is C23H20O3. The molecule has 0 aliphatic rings. The molecule has 0 amide bonds. The predicted molar refractivity (Wildman–Crippen MR) is 104 cm³/mol. The van der Waals surface area contributed by atoms with Crippen molar-refractivity contribution in [3.8, 4) is 11.5 Å². The van der Waals surface area contributed by atoms with Gasteiger partial charge >= 0.3 is 0 Å². The van der Waals surface area contributed by atoms with E-state index in [1.807, 2.05) is 60.7 Å². The third-order valence-electron chi connectivity index (χ3n) is 3.91. The van der Waals surface area contributed by atoms with Crippen molar-refractivity contribution in [2.45, 2.75) is 6.61 Å². The van der Waals surface area contributed by atoms with Crippen LogP contribution in [0, 0.1) is 0 Å². The number of allylic oxidation sites excluding steroid dienone is 1. The Morgan fingerprint density at radius 3 is 2.38 bits per heavy atom.